The fourth-order valence-electron chi connectivity index (χ4n) is 2.27. The largest absolute Gasteiger partial charge is 0.315 e. The number of hydrogen-bond donors (Lipinski definition) is 1. The van der Waals surface area contributed by atoms with E-state index in [4.69, 9.17) is 0 Å². The van der Waals surface area contributed by atoms with Gasteiger partial charge >= 0.3 is 0 Å². The first-order valence-electron chi connectivity index (χ1n) is 6.27. The molecule has 0 aromatic heterocycles. The Bertz CT molecular complexity index is 507. The summed E-state index contributed by atoms with van der Waals surface area (Å²) >= 11 is 0. The quantitative estimate of drug-likeness (QED) is 0.904. The van der Waals surface area contributed by atoms with Crippen LogP contribution in [-0.4, -0.2) is 33.8 Å². The number of piperidine rings is 1. The summed E-state index contributed by atoms with van der Waals surface area (Å²) in [5.41, 5.74) is 1.80. The molecule has 2 rings (SSSR count). The lowest BCUT2D eigenvalue weighted by Gasteiger charge is -2.29. The Balaban J connectivity index is 2.23. The number of benzene rings is 1. The molecule has 1 aliphatic rings. The molecule has 0 radical (unpaired) electrons. The molecule has 1 aliphatic heterocycles. The molecule has 1 N–H and O–H groups in total. The van der Waals surface area contributed by atoms with Crippen LogP contribution >= 0.6 is 0 Å². The molecule has 100 valence electrons. The number of nitrogens with one attached hydrogen (secondary N) is 1. The molecule has 0 bridgehead atoms. The minimum Gasteiger partial charge on any atom is -0.315 e. The highest BCUT2D eigenvalue weighted by Gasteiger charge is 2.31. The summed E-state index contributed by atoms with van der Waals surface area (Å²) in [4.78, 5) is 0. The van der Waals surface area contributed by atoms with Gasteiger partial charge in [0.15, 0.2) is 0 Å². The van der Waals surface area contributed by atoms with Crippen molar-refractivity contribution in [3.05, 3.63) is 29.8 Å². The zero-order valence-electron chi connectivity index (χ0n) is 10.9. The highest BCUT2D eigenvalue weighted by molar-refractivity contribution is 7.93. The van der Waals surface area contributed by atoms with Crippen molar-refractivity contribution in [2.75, 3.05) is 24.4 Å². The summed E-state index contributed by atoms with van der Waals surface area (Å²) in [6.45, 7) is 3.44. The van der Waals surface area contributed by atoms with Gasteiger partial charge in [0.2, 0.25) is 10.0 Å². The van der Waals surface area contributed by atoms with Crippen LogP contribution in [0.15, 0.2) is 24.3 Å². The molecule has 1 aromatic carbocycles. The molecule has 18 heavy (non-hydrogen) atoms. The van der Waals surface area contributed by atoms with E-state index in [9.17, 15) is 8.42 Å². The zero-order valence-corrected chi connectivity index (χ0v) is 11.7. The Morgan fingerprint density at radius 3 is 2.78 bits per heavy atom. The van der Waals surface area contributed by atoms with Gasteiger partial charge in [0.25, 0.3) is 0 Å². The van der Waals surface area contributed by atoms with Gasteiger partial charge in [0.05, 0.1) is 10.9 Å². The molecule has 0 aliphatic carbocycles. The monoisotopic (exact) mass is 268 g/mol. The Labute approximate surface area is 109 Å². The topological polar surface area (TPSA) is 49.4 Å². The third kappa shape index (κ3) is 2.67. The molecule has 0 amide bonds. The van der Waals surface area contributed by atoms with Crippen molar-refractivity contribution in [3.63, 3.8) is 0 Å². The summed E-state index contributed by atoms with van der Waals surface area (Å²) in [5, 5.41) is 2.84. The molecular weight excluding hydrogens is 248 g/mol. The van der Waals surface area contributed by atoms with Gasteiger partial charge in [-0.1, -0.05) is 12.1 Å². The maximum atomic E-state index is 12.5. The predicted molar refractivity (Wildman–Crippen MR) is 74.4 cm³/mol. The highest BCUT2D eigenvalue weighted by Crippen LogP contribution is 2.22. The normalized spacial score (nSPS) is 20.7. The van der Waals surface area contributed by atoms with Crippen LogP contribution < -0.4 is 9.62 Å². The van der Waals surface area contributed by atoms with E-state index in [0.717, 1.165) is 30.6 Å². The predicted octanol–water partition coefficient (Wildman–Crippen LogP) is 1.51. The lowest BCUT2D eigenvalue weighted by molar-refractivity contribution is 0.496. The summed E-state index contributed by atoms with van der Waals surface area (Å²) in [6, 6.07) is 7.58. The molecule has 0 saturated carbocycles. The van der Waals surface area contributed by atoms with Crippen LogP contribution in [0.25, 0.3) is 0 Å². The molecule has 1 heterocycles. The van der Waals surface area contributed by atoms with Gasteiger partial charge in [-0.05, 0) is 44.0 Å². The molecule has 4 nitrogen and oxygen atoms in total. The Morgan fingerprint density at radius 2 is 2.17 bits per heavy atom. The van der Waals surface area contributed by atoms with Crippen LogP contribution in [0.1, 0.15) is 18.4 Å². The first kappa shape index (κ1) is 13.4. The summed E-state index contributed by atoms with van der Waals surface area (Å²) in [6.07, 6.45) is 1.66. The zero-order chi connectivity index (χ0) is 13.2. The average molecular weight is 268 g/mol. The summed E-state index contributed by atoms with van der Waals surface area (Å²) in [5.74, 6) is 0. The van der Waals surface area contributed by atoms with Gasteiger partial charge in [-0.3, -0.25) is 4.31 Å². The van der Waals surface area contributed by atoms with Crippen molar-refractivity contribution in [3.8, 4) is 0 Å². The van der Waals surface area contributed by atoms with E-state index in [2.05, 4.69) is 5.32 Å². The van der Waals surface area contributed by atoms with Crippen molar-refractivity contribution in [1.82, 2.24) is 5.32 Å². The lowest BCUT2D eigenvalue weighted by Crippen LogP contribution is -2.45. The van der Waals surface area contributed by atoms with E-state index < -0.39 is 10.0 Å². The lowest BCUT2D eigenvalue weighted by atomic mass is 10.2. The van der Waals surface area contributed by atoms with Crippen molar-refractivity contribution in [2.24, 2.45) is 0 Å². The van der Waals surface area contributed by atoms with Crippen LogP contribution in [0.3, 0.4) is 0 Å². The Kier molecular flexibility index (Phi) is 3.92. The molecular formula is C13H20N2O2S. The van der Waals surface area contributed by atoms with E-state index in [-0.39, 0.29) is 5.25 Å². The van der Waals surface area contributed by atoms with E-state index in [1.807, 2.05) is 31.2 Å². The van der Waals surface area contributed by atoms with Crippen molar-refractivity contribution in [2.45, 2.75) is 25.0 Å². The Hall–Kier alpha value is -1.07. The van der Waals surface area contributed by atoms with Crippen molar-refractivity contribution < 1.29 is 8.42 Å². The number of sulfonamides is 1. The number of rotatable bonds is 3. The van der Waals surface area contributed by atoms with Gasteiger partial charge in [-0.15, -0.1) is 0 Å². The Morgan fingerprint density at radius 1 is 1.39 bits per heavy atom. The second-order valence-electron chi connectivity index (χ2n) is 4.82. The first-order chi connectivity index (χ1) is 8.51. The maximum Gasteiger partial charge on any atom is 0.239 e. The number of aryl methyl sites for hydroxylation is 1. The second-order valence-corrected chi connectivity index (χ2v) is 7.06. The van der Waals surface area contributed by atoms with Gasteiger partial charge in [0.1, 0.15) is 0 Å². The van der Waals surface area contributed by atoms with E-state index in [1.165, 1.54) is 4.31 Å². The van der Waals surface area contributed by atoms with Crippen LogP contribution in [0.4, 0.5) is 5.69 Å². The molecule has 1 aromatic rings. The number of nitrogens with zero attached hydrogens (tertiary/aromatic N) is 1. The fourth-order valence-corrected chi connectivity index (χ4v) is 3.92. The summed E-state index contributed by atoms with van der Waals surface area (Å²) in [7, 11) is -1.62. The SMILES string of the molecule is Cc1cccc(N(C)S(=O)(=O)C2CCCNC2)c1. The first-order valence-corrected chi connectivity index (χ1v) is 7.77. The molecule has 1 saturated heterocycles. The third-order valence-corrected chi connectivity index (χ3v) is 5.64. The highest BCUT2D eigenvalue weighted by atomic mass is 32.2. The van der Waals surface area contributed by atoms with E-state index in [0.29, 0.717) is 6.54 Å². The van der Waals surface area contributed by atoms with Crippen LogP contribution in [0, 0.1) is 6.92 Å². The van der Waals surface area contributed by atoms with E-state index in [1.54, 1.807) is 7.05 Å². The molecule has 1 atom stereocenters. The standard InChI is InChI=1S/C13H20N2O2S/c1-11-5-3-6-12(9-11)15(2)18(16,17)13-7-4-8-14-10-13/h3,5-6,9,13-14H,4,7-8,10H2,1-2H3. The smallest absolute Gasteiger partial charge is 0.239 e. The molecule has 5 heteroatoms. The third-order valence-electron chi connectivity index (χ3n) is 3.42. The van der Waals surface area contributed by atoms with E-state index >= 15 is 0 Å². The van der Waals surface area contributed by atoms with Gasteiger partial charge in [0, 0.05) is 13.6 Å². The maximum absolute atomic E-state index is 12.5. The van der Waals surface area contributed by atoms with Gasteiger partial charge in [-0.2, -0.15) is 0 Å². The molecule has 1 unspecified atom stereocenters. The van der Waals surface area contributed by atoms with Crippen LogP contribution in [0.2, 0.25) is 0 Å². The molecule has 1 fully saturated rings. The molecule has 0 spiro atoms. The van der Waals surface area contributed by atoms with Crippen molar-refractivity contribution in [1.29, 1.82) is 0 Å². The average Bonchev–Trinajstić information content (AvgIpc) is 2.39. The fraction of sp³-hybridized carbons (Fsp3) is 0.538. The van der Waals surface area contributed by atoms with Crippen LogP contribution in [-0.2, 0) is 10.0 Å². The van der Waals surface area contributed by atoms with Gasteiger partial charge in [-0.25, -0.2) is 8.42 Å². The van der Waals surface area contributed by atoms with Crippen LogP contribution in [0.5, 0.6) is 0 Å². The van der Waals surface area contributed by atoms with Gasteiger partial charge < -0.3 is 5.32 Å². The second kappa shape index (κ2) is 5.28. The minimum absolute atomic E-state index is 0.309. The number of anilines is 1. The summed E-state index contributed by atoms with van der Waals surface area (Å²) < 4.78 is 26.4. The van der Waals surface area contributed by atoms with Crippen molar-refractivity contribution >= 4 is 15.7 Å². The number of hydrogen-bond acceptors (Lipinski definition) is 3. The minimum atomic E-state index is -3.26.